The molecule has 5 heterocycles. The molecule has 0 aliphatic carbocycles. The van der Waals surface area contributed by atoms with Crippen molar-refractivity contribution in [1.82, 2.24) is 24.9 Å². The van der Waals surface area contributed by atoms with Crippen LogP contribution in [0.15, 0.2) is 35.1 Å². The van der Waals surface area contributed by atoms with Gasteiger partial charge in [-0.2, -0.15) is 0 Å². The van der Waals surface area contributed by atoms with Crippen LogP contribution >= 0.6 is 0 Å². The molecular weight excluding hydrogens is 348 g/mol. The number of anilines is 1. The highest BCUT2D eigenvalue weighted by Crippen LogP contribution is 2.27. The molecule has 9 nitrogen and oxygen atoms in total. The second-order valence-electron chi connectivity index (χ2n) is 6.87. The Hall–Kier alpha value is -2.94. The zero-order valence-corrected chi connectivity index (χ0v) is 14.8. The first-order valence-corrected chi connectivity index (χ1v) is 9.21. The van der Waals surface area contributed by atoms with Gasteiger partial charge in [0, 0.05) is 25.7 Å². The van der Waals surface area contributed by atoms with E-state index in [0.29, 0.717) is 19.7 Å². The summed E-state index contributed by atoms with van der Waals surface area (Å²) in [6.07, 6.45) is 5.62. The van der Waals surface area contributed by atoms with Gasteiger partial charge in [-0.15, -0.1) is 5.10 Å². The van der Waals surface area contributed by atoms with Gasteiger partial charge in [-0.3, -0.25) is 4.79 Å². The SMILES string of the molecule is O=C(c1ccno1)N1CCO[C@H](c2nnn3cc(N4CCCC4)ccc23)C1. The number of hydrogen-bond donors (Lipinski definition) is 0. The first-order chi connectivity index (χ1) is 13.3. The fourth-order valence-electron chi connectivity index (χ4n) is 3.78. The van der Waals surface area contributed by atoms with Crippen LogP contribution in [0.3, 0.4) is 0 Å². The molecule has 0 radical (unpaired) electrons. The molecule has 1 amide bonds. The summed E-state index contributed by atoms with van der Waals surface area (Å²) in [6.45, 7) is 3.51. The van der Waals surface area contributed by atoms with Crippen molar-refractivity contribution in [2.24, 2.45) is 0 Å². The van der Waals surface area contributed by atoms with Gasteiger partial charge < -0.3 is 19.1 Å². The molecule has 0 N–H and O–H groups in total. The van der Waals surface area contributed by atoms with Crippen LogP contribution in [0.4, 0.5) is 5.69 Å². The van der Waals surface area contributed by atoms with E-state index in [4.69, 9.17) is 9.26 Å². The molecule has 2 aliphatic rings. The van der Waals surface area contributed by atoms with E-state index < -0.39 is 0 Å². The second-order valence-corrected chi connectivity index (χ2v) is 6.87. The Balaban J connectivity index is 1.38. The number of fused-ring (bicyclic) bond motifs is 1. The fraction of sp³-hybridized carbons (Fsp3) is 0.444. The molecule has 27 heavy (non-hydrogen) atoms. The molecule has 2 aliphatic heterocycles. The van der Waals surface area contributed by atoms with Gasteiger partial charge in [0.05, 0.1) is 36.7 Å². The number of aromatic nitrogens is 4. The van der Waals surface area contributed by atoms with Crippen molar-refractivity contribution in [3.63, 3.8) is 0 Å². The number of nitrogens with zero attached hydrogens (tertiary/aromatic N) is 6. The van der Waals surface area contributed by atoms with E-state index in [1.54, 1.807) is 15.5 Å². The Morgan fingerprint density at radius 3 is 2.85 bits per heavy atom. The minimum absolute atomic E-state index is 0.186. The average molecular weight is 368 g/mol. The third kappa shape index (κ3) is 2.93. The van der Waals surface area contributed by atoms with Gasteiger partial charge in [0.1, 0.15) is 11.8 Å². The van der Waals surface area contributed by atoms with Crippen LogP contribution in [0, 0.1) is 0 Å². The molecule has 9 heteroatoms. The minimum Gasteiger partial charge on any atom is -0.370 e. The van der Waals surface area contributed by atoms with E-state index in [1.165, 1.54) is 19.0 Å². The van der Waals surface area contributed by atoms with E-state index >= 15 is 0 Å². The lowest BCUT2D eigenvalue weighted by molar-refractivity contribution is -0.0252. The lowest BCUT2D eigenvalue weighted by Crippen LogP contribution is -2.42. The summed E-state index contributed by atoms with van der Waals surface area (Å²) >= 11 is 0. The van der Waals surface area contributed by atoms with Crippen LogP contribution in [-0.4, -0.2) is 63.6 Å². The summed E-state index contributed by atoms with van der Waals surface area (Å²) in [5.41, 5.74) is 2.80. The summed E-state index contributed by atoms with van der Waals surface area (Å²) < 4.78 is 12.7. The van der Waals surface area contributed by atoms with Crippen molar-refractivity contribution in [3.05, 3.63) is 42.0 Å². The Morgan fingerprint density at radius 1 is 1.15 bits per heavy atom. The molecule has 0 spiro atoms. The Bertz CT molecular complexity index is 947. The van der Waals surface area contributed by atoms with Gasteiger partial charge in [0.2, 0.25) is 5.76 Å². The van der Waals surface area contributed by atoms with Crippen LogP contribution in [0.25, 0.3) is 5.52 Å². The third-order valence-corrected chi connectivity index (χ3v) is 5.20. The molecule has 0 unspecified atom stereocenters. The van der Waals surface area contributed by atoms with Crippen LogP contribution in [-0.2, 0) is 4.74 Å². The Kier molecular flexibility index (Phi) is 4.01. The fourth-order valence-corrected chi connectivity index (χ4v) is 3.78. The maximum absolute atomic E-state index is 12.5. The van der Waals surface area contributed by atoms with Crippen LogP contribution in [0.2, 0.25) is 0 Å². The van der Waals surface area contributed by atoms with E-state index in [-0.39, 0.29) is 17.8 Å². The number of pyridine rings is 1. The second kappa shape index (κ2) is 6.66. The Morgan fingerprint density at radius 2 is 2.04 bits per heavy atom. The van der Waals surface area contributed by atoms with Crippen molar-refractivity contribution in [2.75, 3.05) is 37.7 Å². The number of hydrogen-bond acceptors (Lipinski definition) is 7. The summed E-state index contributed by atoms with van der Waals surface area (Å²) in [5, 5.41) is 12.2. The monoisotopic (exact) mass is 368 g/mol. The smallest absolute Gasteiger partial charge is 0.292 e. The average Bonchev–Trinajstić information content (AvgIpc) is 3.48. The third-order valence-electron chi connectivity index (χ3n) is 5.20. The molecule has 0 aromatic carbocycles. The number of amides is 1. The van der Waals surface area contributed by atoms with Gasteiger partial charge in [-0.25, -0.2) is 4.52 Å². The molecule has 3 aromatic heterocycles. The number of morpholine rings is 1. The summed E-state index contributed by atoms with van der Waals surface area (Å²) in [7, 11) is 0. The number of carbonyl (C=O) groups is 1. The zero-order chi connectivity index (χ0) is 18.2. The molecule has 0 bridgehead atoms. The normalized spacial score (nSPS) is 20.5. The van der Waals surface area contributed by atoms with E-state index in [1.807, 2.05) is 12.3 Å². The lowest BCUT2D eigenvalue weighted by atomic mass is 10.1. The summed E-state index contributed by atoms with van der Waals surface area (Å²) in [4.78, 5) is 16.6. The quantitative estimate of drug-likeness (QED) is 0.693. The highest BCUT2D eigenvalue weighted by Gasteiger charge is 2.30. The van der Waals surface area contributed by atoms with Crippen LogP contribution in [0.5, 0.6) is 0 Å². The first-order valence-electron chi connectivity index (χ1n) is 9.21. The first kappa shape index (κ1) is 16.2. The van der Waals surface area contributed by atoms with Gasteiger partial charge in [-0.05, 0) is 25.0 Å². The summed E-state index contributed by atoms with van der Waals surface area (Å²) in [5.74, 6) is 0.0484. The molecule has 3 aromatic rings. The molecule has 140 valence electrons. The van der Waals surface area contributed by atoms with E-state index in [2.05, 4.69) is 26.4 Å². The number of ether oxygens (including phenoxy) is 1. The maximum atomic E-state index is 12.5. The van der Waals surface area contributed by atoms with Crippen molar-refractivity contribution in [1.29, 1.82) is 0 Å². The van der Waals surface area contributed by atoms with Gasteiger partial charge in [0.25, 0.3) is 5.91 Å². The van der Waals surface area contributed by atoms with Crippen molar-refractivity contribution in [3.8, 4) is 0 Å². The molecule has 0 saturated carbocycles. The highest BCUT2D eigenvalue weighted by molar-refractivity contribution is 5.91. The predicted octanol–water partition coefficient (Wildman–Crippen LogP) is 1.53. The maximum Gasteiger partial charge on any atom is 0.292 e. The van der Waals surface area contributed by atoms with Crippen LogP contribution in [0.1, 0.15) is 35.2 Å². The van der Waals surface area contributed by atoms with Crippen LogP contribution < -0.4 is 4.90 Å². The lowest BCUT2D eigenvalue weighted by Gasteiger charge is -2.31. The Labute approximate surface area is 155 Å². The largest absolute Gasteiger partial charge is 0.370 e. The molecule has 2 saturated heterocycles. The molecule has 5 rings (SSSR count). The van der Waals surface area contributed by atoms with Gasteiger partial charge in [-0.1, -0.05) is 10.4 Å². The topological polar surface area (TPSA) is 89.0 Å². The number of carbonyl (C=O) groups excluding carboxylic acids is 1. The predicted molar refractivity (Wildman–Crippen MR) is 95.5 cm³/mol. The van der Waals surface area contributed by atoms with E-state index in [9.17, 15) is 4.79 Å². The van der Waals surface area contributed by atoms with Gasteiger partial charge in [0.15, 0.2) is 0 Å². The van der Waals surface area contributed by atoms with Gasteiger partial charge >= 0.3 is 0 Å². The standard InChI is InChI=1S/C18H20N6O3/c25-18(15-5-6-19-27-15)23-9-10-26-16(12-23)17-14-4-3-13(11-24(14)21-20-17)22-7-1-2-8-22/h3-6,11,16H,1-2,7-10,12H2/t16-/m0/s1. The van der Waals surface area contributed by atoms with E-state index in [0.717, 1.165) is 30.0 Å². The van der Waals surface area contributed by atoms with Crippen molar-refractivity contribution >= 4 is 17.1 Å². The summed E-state index contributed by atoms with van der Waals surface area (Å²) in [6, 6.07) is 5.71. The number of rotatable bonds is 3. The minimum atomic E-state index is -0.319. The highest BCUT2D eigenvalue weighted by atomic mass is 16.5. The molecular formula is C18H20N6O3. The molecule has 2 fully saturated rings. The van der Waals surface area contributed by atoms with Crippen molar-refractivity contribution in [2.45, 2.75) is 18.9 Å². The zero-order valence-electron chi connectivity index (χ0n) is 14.8. The molecule has 1 atom stereocenters. The van der Waals surface area contributed by atoms with Crippen molar-refractivity contribution < 1.29 is 14.1 Å².